The second kappa shape index (κ2) is 7.92. The third-order valence-electron chi connectivity index (χ3n) is 4.92. The molecule has 4 aromatic heterocycles. The average molecular weight is 424 g/mol. The van der Waals surface area contributed by atoms with Crippen LogP contribution in [-0.4, -0.2) is 29.1 Å². The molecule has 32 heavy (non-hydrogen) atoms. The van der Waals surface area contributed by atoms with Crippen LogP contribution in [0.1, 0.15) is 17.1 Å². The largest absolute Gasteiger partial charge is 0.377 e. The molecule has 156 valence electrons. The zero-order valence-electron chi connectivity index (χ0n) is 17.1. The highest BCUT2D eigenvalue weighted by Crippen LogP contribution is 2.22. The second-order valence-corrected chi connectivity index (χ2v) is 7.14. The van der Waals surface area contributed by atoms with Gasteiger partial charge in [-0.15, -0.1) is 5.10 Å². The summed E-state index contributed by atoms with van der Waals surface area (Å²) in [7, 11) is 0. The Kier molecular flexibility index (Phi) is 4.80. The minimum atomic E-state index is -0.330. The van der Waals surface area contributed by atoms with E-state index < -0.39 is 0 Å². The van der Waals surface area contributed by atoms with Crippen molar-refractivity contribution >= 4 is 11.3 Å². The van der Waals surface area contributed by atoms with E-state index in [2.05, 4.69) is 26.5 Å². The van der Waals surface area contributed by atoms with Gasteiger partial charge in [-0.3, -0.25) is 4.57 Å². The van der Waals surface area contributed by atoms with Crippen molar-refractivity contribution in [2.45, 2.75) is 13.5 Å². The third-order valence-corrected chi connectivity index (χ3v) is 4.92. The second-order valence-electron chi connectivity index (χ2n) is 7.14. The summed E-state index contributed by atoms with van der Waals surface area (Å²) in [5, 5.41) is 17.0. The van der Waals surface area contributed by atoms with Gasteiger partial charge >= 0.3 is 0 Å². The lowest BCUT2D eigenvalue weighted by Crippen LogP contribution is -2.05. The molecule has 0 amide bonds. The van der Waals surface area contributed by atoms with Gasteiger partial charge in [0.25, 0.3) is 0 Å². The number of anilines is 1. The number of pyridine rings is 1. The van der Waals surface area contributed by atoms with E-state index in [1.165, 1.54) is 16.8 Å². The normalized spacial score (nSPS) is 10.9. The Labute approximate surface area is 182 Å². The molecule has 0 aliphatic rings. The molecule has 0 fully saturated rings. The van der Waals surface area contributed by atoms with E-state index in [-0.39, 0.29) is 5.82 Å². The Hall–Kier alpha value is -4.58. The molecule has 0 atom stereocenters. The first-order chi connectivity index (χ1) is 15.6. The summed E-state index contributed by atoms with van der Waals surface area (Å²) in [6.07, 6.45) is 3.30. The standard InChI is InChI=1S/C23H17FN8/c1-15-5-4-8-20(28-15)23-29-16(12-26-19-7-3-2-6-18(19)24)14-31(23)22-10-9-21-27-13-17(11-25)32(21)30-22/h2-10,13-14,26H,12H2,1H3. The number of hydrogen-bond donors (Lipinski definition) is 1. The predicted molar refractivity (Wildman–Crippen MR) is 117 cm³/mol. The molecule has 4 heterocycles. The summed E-state index contributed by atoms with van der Waals surface area (Å²) < 4.78 is 17.3. The van der Waals surface area contributed by atoms with E-state index in [1.807, 2.05) is 31.3 Å². The summed E-state index contributed by atoms with van der Waals surface area (Å²) >= 11 is 0. The van der Waals surface area contributed by atoms with Gasteiger partial charge in [0.05, 0.1) is 24.1 Å². The highest BCUT2D eigenvalue weighted by molar-refractivity contribution is 5.55. The number of nitrogens with zero attached hydrogens (tertiary/aromatic N) is 7. The van der Waals surface area contributed by atoms with Crippen LogP contribution < -0.4 is 5.32 Å². The number of halogens is 1. The van der Waals surface area contributed by atoms with Crippen LogP contribution in [0.5, 0.6) is 0 Å². The molecule has 0 aliphatic heterocycles. The number of fused-ring (bicyclic) bond motifs is 1. The van der Waals surface area contributed by atoms with Gasteiger partial charge in [-0.1, -0.05) is 18.2 Å². The fourth-order valence-corrected chi connectivity index (χ4v) is 3.40. The van der Waals surface area contributed by atoms with Crippen LogP contribution >= 0.6 is 0 Å². The molecule has 1 N–H and O–H groups in total. The van der Waals surface area contributed by atoms with Crippen molar-refractivity contribution in [3.8, 4) is 23.4 Å². The Bertz CT molecular complexity index is 1480. The van der Waals surface area contributed by atoms with Crippen LogP contribution in [0.15, 0.2) is 67.0 Å². The Morgan fingerprint density at radius 2 is 1.94 bits per heavy atom. The zero-order valence-corrected chi connectivity index (χ0v) is 17.1. The lowest BCUT2D eigenvalue weighted by molar-refractivity contribution is 0.630. The first kappa shape index (κ1) is 19.4. The fraction of sp³-hybridized carbons (Fsp3) is 0.0870. The van der Waals surface area contributed by atoms with E-state index >= 15 is 0 Å². The number of benzene rings is 1. The van der Waals surface area contributed by atoms with Crippen LogP contribution in [-0.2, 0) is 6.54 Å². The molecule has 0 radical (unpaired) electrons. The van der Waals surface area contributed by atoms with Crippen LogP contribution in [0.3, 0.4) is 0 Å². The monoisotopic (exact) mass is 424 g/mol. The van der Waals surface area contributed by atoms with Crippen molar-refractivity contribution in [3.63, 3.8) is 0 Å². The summed E-state index contributed by atoms with van der Waals surface area (Å²) in [6.45, 7) is 2.22. The molecule has 0 spiro atoms. The minimum Gasteiger partial charge on any atom is -0.377 e. The molecule has 0 saturated carbocycles. The van der Waals surface area contributed by atoms with Crippen molar-refractivity contribution in [2.24, 2.45) is 0 Å². The van der Waals surface area contributed by atoms with Crippen molar-refractivity contribution in [2.75, 3.05) is 5.32 Å². The van der Waals surface area contributed by atoms with Gasteiger partial charge < -0.3 is 5.32 Å². The highest BCUT2D eigenvalue weighted by Gasteiger charge is 2.16. The molecule has 1 aromatic carbocycles. The lowest BCUT2D eigenvalue weighted by atomic mass is 10.3. The molecular formula is C23H17FN8. The van der Waals surface area contributed by atoms with Gasteiger partial charge in [-0.2, -0.15) is 5.26 Å². The maximum Gasteiger partial charge on any atom is 0.164 e. The SMILES string of the molecule is Cc1cccc(-c2nc(CNc3ccccc3F)cn2-c2ccc3ncc(C#N)n3n2)n1. The lowest BCUT2D eigenvalue weighted by Gasteiger charge is -2.07. The maximum atomic E-state index is 14.0. The van der Waals surface area contributed by atoms with E-state index in [0.717, 1.165) is 5.69 Å². The molecule has 5 aromatic rings. The number of hydrogen-bond acceptors (Lipinski definition) is 6. The van der Waals surface area contributed by atoms with Crippen LogP contribution in [0.25, 0.3) is 23.0 Å². The quantitative estimate of drug-likeness (QED) is 0.460. The van der Waals surface area contributed by atoms with Gasteiger partial charge in [0, 0.05) is 11.9 Å². The van der Waals surface area contributed by atoms with E-state index in [0.29, 0.717) is 46.6 Å². The fourth-order valence-electron chi connectivity index (χ4n) is 3.40. The van der Waals surface area contributed by atoms with Gasteiger partial charge in [0.2, 0.25) is 0 Å². The molecule has 0 saturated heterocycles. The summed E-state index contributed by atoms with van der Waals surface area (Å²) in [4.78, 5) is 13.5. The summed E-state index contributed by atoms with van der Waals surface area (Å²) in [5.74, 6) is 0.809. The number of imidazole rings is 2. The van der Waals surface area contributed by atoms with Crippen LogP contribution in [0.4, 0.5) is 10.1 Å². The Morgan fingerprint density at radius 3 is 2.75 bits per heavy atom. The highest BCUT2D eigenvalue weighted by atomic mass is 19.1. The van der Waals surface area contributed by atoms with E-state index in [9.17, 15) is 9.65 Å². The predicted octanol–water partition coefficient (Wildman–Crippen LogP) is 3.91. The number of para-hydroxylation sites is 1. The first-order valence-electron chi connectivity index (χ1n) is 9.88. The van der Waals surface area contributed by atoms with Gasteiger partial charge in [0.1, 0.15) is 17.6 Å². The summed E-state index contributed by atoms with van der Waals surface area (Å²) in [6, 6.07) is 17.9. The average Bonchev–Trinajstić information content (AvgIpc) is 3.42. The third kappa shape index (κ3) is 3.54. The number of rotatable bonds is 5. The molecule has 0 bridgehead atoms. The van der Waals surface area contributed by atoms with Crippen LogP contribution in [0, 0.1) is 24.1 Å². The summed E-state index contributed by atoms with van der Waals surface area (Å²) in [5.41, 5.74) is 3.51. The maximum absolute atomic E-state index is 14.0. The topological polar surface area (TPSA) is 96.7 Å². The number of nitrogens with one attached hydrogen (secondary N) is 1. The zero-order chi connectivity index (χ0) is 22.1. The number of aromatic nitrogens is 6. The van der Waals surface area contributed by atoms with Gasteiger partial charge in [-0.25, -0.2) is 23.9 Å². The van der Waals surface area contributed by atoms with E-state index in [4.69, 9.17) is 4.98 Å². The van der Waals surface area contributed by atoms with Crippen molar-refractivity contribution < 1.29 is 4.39 Å². The van der Waals surface area contributed by atoms with Gasteiger partial charge in [-0.05, 0) is 43.3 Å². The molecule has 8 nitrogen and oxygen atoms in total. The molecule has 0 aliphatic carbocycles. The van der Waals surface area contributed by atoms with Crippen molar-refractivity contribution in [1.29, 1.82) is 5.26 Å². The first-order valence-corrected chi connectivity index (χ1v) is 9.88. The molecule has 5 rings (SSSR count). The number of aryl methyl sites for hydroxylation is 1. The number of nitriles is 1. The minimum absolute atomic E-state index is 0.309. The Morgan fingerprint density at radius 1 is 1.06 bits per heavy atom. The van der Waals surface area contributed by atoms with Gasteiger partial charge in [0.15, 0.2) is 23.0 Å². The Balaban J connectivity index is 1.59. The van der Waals surface area contributed by atoms with Crippen molar-refractivity contribution in [3.05, 3.63) is 89.9 Å². The molecule has 0 unspecified atom stereocenters. The smallest absolute Gasteiger partial charge is 0.164 e. The molecular weight excluding hydrogens is 407 g/mol. The van der Waals surface area contributed by atoms with E-state index in [1.54, 1.807) is 34.9 Å². The molecule has 9 heteroatoms. The van der Waals surface area contributed by atoms with Crippen molar-refractivity contribution in [1.82, 2.24) is 29.1 Å². The van der Waals surface area contributed by atoms with Crippen LogP contribution in [0.2, 0.25) is 0 Å².